The number of ether oxygens (including phenoxy) is 4. The van der Waals surface area contributed by atoms with Gasteiger partial charge in [-0.3, -0.25) is 9.80 Å². The first-order valence-corrected chi connectivity index (χ1v) is 20.4. The fourth-order valence-corrected chi connectivity index (χ4v) is 9.77. The van der Waals surface area contributed by atoms with Crippen LogP contribution < -0.4 is 45.1 Å². The molecule has 0 bridgehead atoms. The van der Waals surface area contributed by atoms with E-state index in [9.17, 15) is 0 Å². The van der Waals surface area contributed by atoms with Crippen LogP contribution in [0.15, 0.2) is 154 Å². The van der Waals surface area contributed by atoms with Gasteiger partial charge in [-0.1, -0.05) is 97.1 Å². The lowest BCUT2D eigenvalue weighted by molar-refractivity contribution is 0.172. The molecule has 9 aromatic rings. The van der Waals surface area contributed by atoms with E-state index in [0.29, 0.717) is 37.9 Å². The number of fused-ring (bicyclic) bond motifs is 10. The molecule has 0 spiro atoms. The molecule has 4 aliphatic rings. The molecule has 0 saturated carbocycles. The van der Waals surface area contributed by atoms with E-state index in [0.717, 1.165) is 112 Å². The van der Waals surface area contributed by atoms with E-state index in [4.69, 9.17) is 27.8 Å². The smallest absolute Gasteiger partial charge is 0.262 e. The van der Waals surface area contributed by atoms with Crippen molar-refractivity contribution in [3.63, 3.8) is 0 Å². The van der Waals surface area contributed by atoms with Crippen molar-refractivity contribution in [3.8, 4) is 45.3 Å². The lowest BCUT2D eigenvalue weighted by Crippen LogP contribution is -2.60. The van der Waals surface area contributed by atoms with Crippen molar-refractivity contribution in [1.82, 2.24) is 0 Å². The summed E-state index contributed by atoms with van der Waals surface area (Å²) in [5.41, 5.74) is 14.0. The third-order valence-electron chi connectivity index (χ3n) is 12.2. The van der Waals surface area contributed by atoms with Gasteiger partial charge in [-0.15, -0.1) is 0 Å². The summed E-state index contributed by atoms with van der Waals surface area (Å²) in [6.45, 7) is 3.85. The molecule has 0 amide bonds. The molecule has 0 fully saturated rings. The molecule has 13 rings (SSSR count). The van der Waals surface area contributed by atoms with E-state index in [1.54, 1.807) is 0 Å². The maximum atomic E-state index is 7.12. The molecule has 4 aliphatic heterocycles. The number of rotatable bonds is 4. The molecule has 8 nitrogen and oxygen atoms in total. The van der Waals surface area contributed by atoms with Crippen molar-refractivity contribution >= 4 is 79.6 Å². The summed E-state index contributed by atoms with van der Waals surface area (Å²) in [6, 6.07) is 50.8. The van der Waals surface area contributed by atoms with Crippen molar-refractivity contribution in [1.29, 1.82) is 0 Å². The van der Waals surface area contributed by atoms with Crippen molar-refractivity contribution in [3.05, 3.63) is 151 Å². The zero-order valence-corrected chi connectivity index (χ0v) is 32.6. The van der Waals surface area contributed by atoms with Crippen LogP contribution in [0, 0.1) is 6.92 Å². The van der Waals surface area contributed by atoms with Gasteiger partial charge in [0.25, 0.3) is 6.71 Å². The Morgan fingerprint density at radius 3 is 1.27 bits per heavy atom. The number of aryl methyl sites for hydroxylation is 1. The molecule has 7 aromatic carbocycles. The van der Waals surface area contributed by atoms with E-state index in [1.165, 1.54) is 0 Å². The molecule has 60 heavy (non-hydrogen) atoms. The molecule has 0 aliphatic carbocycles. The molecular weight excluding hydrogens is 747 g/mol. The van der Waals surface area contributed by atoms with E-state index < -0.39 is 0 Å². The third-order valence-corrected chi connectivity index (χ3v) is 12.2. The summed E-state index contributed by atoms with van der Waals surface area (Å²) in [5.74, 6) is 4.36. The number of furan rings is 2. The van der Waals surface area contributed by atoms with Crippen LogP contribution in [0.5, 0.6) is 23.0 Å². The maximum Gasteiger partial charge on any atom is 0.262 e. The summed E-state index contributed by atoms with van der Waals surface area (Å²) < 4.78 is 39.3. The Hall–Kier alpha value is -7.52. The molecule has 0 saturated heterocycles. The van der Waals surface area contributed by atoms with E-state index in [-0.39, 0.29) is 6.71 Å². The average Bonchev–Trinajstić information content (AvgIpc) is 3.88. The molecular formula is C51H35BN2O6. The highest BCUT2D eigenvalue weighted by molar-refractivity contribution is 7.02. The third kappa shape index (κ3) is 4.80. The van der Waals surface area contributed by atoms with Crippen molar-refractivity contribution in [2.24, 2.45) is 0 Å². The highest BCUT2D eigenvalue weighted by Gasteiger charge is 2.49. The van der Waals surface area contributed by atoms with Crippen LogP contribution >= 0.6 is 0 Å². The summed E-state index contributed by atoms with van der Waals surface area (Å²) in [4.78, 5) is 4.62. The van der Waals surface area contributed by atoms with Crippen LogP contribution in [-0.2, 0) is 0 Å². The fraction of sp³-hybridized carbons (Fsp3) is 0.0980. The van der Waals surface area contributed by atoms with Crippen LogP contribution in [0.2, 0.25) is 0 Å². The topological polar surface area (TPSA) is 69.7 Å². The zero-order chi connectivity index (χ0) is 39.5. The fourth-order valence-electron chi connectivity index (χ4n) is 9.77. The standard InChI is InChI=1S/C51H35BN2O6/c1-30-24-39-49-40(25-30)54(38-29-46-44(56-21-23-58-46)27-36(38)32-14-6-3-7-15-32)51-48(34-17-9-11-19-42(34)60-51)52(49)47-33-16-8-10-18-41(33)59-50(47)53(39)37-28-45-43(55-20-22-57-45)26-35(37)31-12-4-2-5-13-31/h2-19,24-29H,20-23H2,1H3. The van der Waals surface area contributed by atoms with Gasteiger partial charge in [0.2, 0.25) is 11.8 Å². The molecule has 0 unspecified atom stereocenters. The van der Waals surface area contributed by atoms with Crippen LogP contribution in [0.25, 0.3) is 44.2 Å². The van der Waals surface area contributed by atoms with Gasteiger partial charge in [0.05, 0.1) is 11.4 Å². The van der Waals surface area contributed by atoms with E-state index >= 15 is 0 Å². The molecule has 0 N–H and O–H groups in total. The number of para-hydroxylation sites is 2. The summed E-state index contributed by atoms with van der Waals surface area (Å²) in [6.07, 6.45) is 0. The second-order valence-corrected chi connectivity index (χ2v) is 15.7. The molecule has 6 heterocycles. The Balaban J connectivity index is 1.17. The van der Waals surface area contributed by atoms with Gasteiger partial charge in [0, 0.05) is 56.3 Å². The normalized spacial score (nSPS) is 14.6. The Morgan fingerprint density at radius 2 is 0.817 bits per heavy atom. The molecule has 2 aromatic heterocycles. The summed E-state index contributed by atoms with van der Waals surface area (Å²) >= 11 is 0. The number of hydrogen-bond acceptors (Lipinski definition) is 8. The highest BCUT2D eigenvalue weighted by atomic mass is 16.6. The number of anilines is 6. The minimum Gasteiger partial charge on any atom is -0.486 e. The van der Waals surface area contributed by atoms with Gasteiger partial charge >= 0.3 is 0 Å². The van der Waals surface area contributed by atoms with E-state index in [2.05, 4.69) is 138 Å². The number of nitrogens with zero attached hydrogens (tertiary/aromatic N) is 2. The first-order chi connectivity index (χ1) is 29.7. The lowest BCUT2D eigenvalue weighted by Gasteiger charge is -2.41. The minimum absolute atomic E-state index is 0.241. The molecule has 9 heteroatoms. The minimum atomic E-state index is -0.241. The van der Waals surface area contributed by atoms with Crippen LogP contribution in [0.3, 0.4) is 0 Å². The SMILES string of the molecule is Cc1cc2c3c(c1)N(c1cc4c(cc1-c1ccccc1)OCCO4)c1oc4ccccc4c1B3c1c(oc3ccccc13)N2c1cc2c(cc1-c1ccccc1)OCCO2. The maximum absolute atomic E-state index is 7.12. The number of hydrogen-bond donors (Lipinski definition) is 0. The molecule has 288 valence electrons. The first kappa shape index (κ1) is 33.5. The quantitative estimate of drug-likeness (QED) is 0.164. The van der Waals surface area contributed by atoms with Crippen molar-refractivity contribution < 1.29 is 27.8 Å². The van der Waals surface area contributed by atoms with Crippen LogP contribution in [-0.4, -0.2) is 33.1 Å². The van der Waals surface area contributed by atoms with Crippen LogP contribution in [0.1, 0.15) is 5.56 Å². The summed E-state index contributed by atoms with van der Waals surface area (Å²) in [7, 11) is 0. The predicted octanol–water partition coefficient (Wildman–Crippen LogP) is 10.4. The van der Waals surface area contributed by atoms with Crippen LogP contribution in [0.4, 0.5) is 34.5 Å². The Morgan fingerprint density at radius 1 is 0.417 bits per heavy atom. The van der Waals surface area contributed by atoms with Gasteiger partial charge in [0.1, 0.15) is 37.6 Å². The van der Waals surface area contributed by atoms with Gasteiger partial charge in [0.15, 0.2) is 23.0 Å². The Bertz CT molecular complexity index is 3000. The molecule has 0 atom stereocenters. The second-order valence-electron chi connectivity index (χ2n) is 15.7. The average molecular weight is 783 g/mol. The van der Waals surface area contributed by atoms with Gasteiger partial charge < -0.3 is 27.8 Å². The summed E-state index contributed by atoms with van der Waals surface area (Å²) in [5, 5.41) is 2.10. The highest BCUT2D eigenvalue weighted by Crippen LogP contribution is 2.53. The van der Waals surface area contributed by atoms with Gasteiger partial charge in [-0.25, -0.2) is 0 Å². The Labute approximate surface area is 345 Å². The first-order valence-electron chi connectivity index (χ1n) is 20.4. The number of benzene rings is 7. The monoisotopic (exact) mass is 782 g/mol. The lowest BCUT2D eigenvalue weighted by atomic mass is 9.33. The molecule has 0 radical (unpaired) electrons. The largest absolute Gasteiger partial charge is 0.486 e. The Kier molecular flexibility index (Phi) is 7.10. The van der Waals surface area contributed by atoms with Gasteiger partial charge in [-0.2, -0.15) is 0 Å². The van der Waals surface area contributed by atoms with Crippen molar-refractivity contribution in [2.75, 3.05) is 36.2 Å². The van der Waals surface area contributed by atoms with Gasteiger partial charge in [-0.05, 0) is 65.5 Å². The predicted molar refractivity (Wildman–Crippen MR) is 238 cm³/mol. The zero-order valence-electron chi connectivity index (χ0n) is 32.6. The van der Waals surface area contributed by atoms with E-state index in [1.807, 2.05) is 24.3 Å². The second kappa shape index (κ2) is 12.7. The van der Waals surface area contributed by atoms with Crippen molar-refractivity contribution in [2.45, 2.75) is 6.92 Å².